The molecule has 0 saturated carbocycles. The summed E-state index contributed by atoms with van der Waals surface area (Å²) in [4.78, 5) is 48.8. The summed E-state index contributed by atoms with van der Waals surface area (Å²) >= 11 is 10.7. The molecule has 2 atom stereocenters. The maximum Gasteiger partial charge on any atom is 0.352 e. The zero-order valence-corrected chi connectivity index (χ0v) is 22.8. The van der Waals surface area contributed by atoms with Crippen molar-refractivity contribution in [1.29, 1.82) is 0 Å². The van der Waals surface area contributed by atoms with Crippen LogP contribution >= 0.6 is 58.2 Å². The quantitative estimate of drug-likeness (QED) is 0.138. The lowest BCUT2D eigenvalue weighted by molar-refractivity contribution is -0.150. The van der Waals surface area contributed by atoms with Gasteiger partial charge in [-0.2, -0.15) is 9.36 Å². The third-order valence-electron chi connectivity index (χ3n) is 5.19. The van der Waals surface area contributed by atoms with Crippen LogP contribution in [-0.2, 0) is 14.4 Å². The largest absolute Gasteiger partial charge is 0.477 e. The topological polar surface area (TPSA) is 186 Å². The number of β-lactam (4-membered cyclic amide) rings is 1. The van der Waals surface area contributed by atoms with Crippen LogP contribution in [0.5, 0.6) is 5.75 Å². The summed E-state index contributed by atoms with van der Waals surface area (Å²) in [6.45, 7) is 0. The van der Waals surface area contributed by atoms with Crippen molar-refractivity contribution in [1.82, 2.24) is 29.2 Å². The minimum Gasteiger partial charge on any atom is -0.477 e. The number of nitrogens with zero attached hydrogens (tertiary/aromatic N) is 6. The van der Waals surface area contributed by atoms with Crippen LogP contribution in [0.4, 0.5) is 5.13 Å². The summed E-state index contributed by atoms with van der Waals surface area (Å²) in [7, 11) is 0. The number of amides is 2. The van der Waals surface area contributed by atoms with E-state index in [9.17, 15) is 19.5 Å². The van der Waals surface area contributed by atoms with Crippen molar-refractivity contribution in [3.63, 3.8) is 0 Å². The standard InChI is InChI=1S/C20H15ClN8O5S4/c21-9-1-3-10(4-2-9)34-26-12(15-25-20(22)38-27-15)16(30)24-13-17(31)29-14(19(32)33)8(7-36-18(13)29)6-35-11-5-23-28-37-11/h1-5,13,18H,6-7H2,(H,24,30)(H,32,33)(H2,22,25,27)/b26-12-/t13?,18-/m1/s1. The molecule has 4 N–H and O–H groups in total. The van der Waals surface area contributed by atoms with Gasteiger partial charge in [0, 0.05) is 28.1 Å². The highest BCUT2D eigenvalue weighted by molar-refractivity contribution is 8.01. The lowest BCUT2D eigenvalue weighted by atomic mass is 10.0. The lowest BCUT2D eigenvalue weighted by Gasteiger charge is -2.49. The van der Waals surface area contributed by atoms with Crippen molar-refractivity contribution in [2.45, 2.75) is 15.6 Å². The number of benzene rings is 1. The number of nitrogen functional groups attached to an aromatic ring is 1. The SMILES string of the molecule is Nc1nc(/C(=N/Oc2ccc(Cl)cc2)C(=O)NC2C(=O)N3C(C(=O)O)=C(CSc4cnns4)CS[C@H]23)ns1. The Morgan fingerprint density at radius 1 is 1.32 bits per heavy atom. The number of hydrogen-bond acceptors (Lipinski definition) is 14. The second-order valence-electron chi connectivity index (χ2n) is 7.58. The van der Waals surface area contributed by atoms with Crippen molar-refractivity contribution in [2.24, 2.45) is 5.16 Å². The Labute approximate surface area is 235 Å². The van der Waals surface area contributed by atoms with E-state index in [0.29, 0.717) is 27.9 Å². The van der Waals surface area contributed by atoms with Crippen molar-refractivity contribution in [2.75, 3.05) is 17.2 Å². The Balaban J connectivity index is 1.32. The number of nitrogens with one attached hydrogen (secondary N) is 1. The van der Waals surface area contributed by atoms with Crippen LogP contribution in [0.15, 0.2) is 51.1 Å². The molecule has 2 amide bonds. The van der Waals surface area contributed by atoms with Crippen LogP contribution in [-0.4, -0.2) is 75.4 Å². The second-order valence-corrected chi connectivity index (χ2v) is 12.0. The summed E-state index contributed by atoms with van der Waals surface area (Å²) in [5.41, 5.74) is 5.88. The number of carboxylic acid groups (broad SMARTS) is 1. The fourth-order valence-corrected chi connectivity index (χ4v) is 6.96. The van der Waals surface area contributed by atoms with Gasteiger partial charge in [-0.1, -0.05) is 21.2 Å². The molecule has 1 aromatic carbocycles. The molecule has 18 heteroatoms. The molecule has 5 rings (SSSR count). The van der Waals surface area contributed by atoms with Gasteiger partial charge < -0.3 is 21.0 Å². The molecule has 3 aromatic rings. The van der Waals surface area contributed by atoms with Gasteiger partial charge in [-0.3, -0.25) is 14.5 Å². The normalized spacial score (nSPS) is 19.1. The monoisotopic (exact) mass is 610 g/mol. The zero-order valence-electron chi connectivity index (χ0n) is 18.8. The van der Waals surface area contributed by atoms with E-state index in [0.717, 1.165) is 15.7 Å². The highest BCUT2D eigenvalue weighted by Crippen LogP contribution is 2.41. The van der Waals surface area contributed by atoms with Gasteiger partial charge in [-0.25, -0.2) is 4.79 Å². The average molecular weight is 611 g/mol. The molecule has 4 heterocycles. The van der Waals surface area contributed by atoms with Gasteiger partial charge in [0.25, 0.3) is 11.8 Å². The van der Waals surface area contributed by atoms with E-state index in [1.807, 2.05) is 0 Å². The van der Waals surface area contributed by atoms with E-state index in [1.165, 1.54) is 40.0 Å². The molecular weight excluding hydrogens is 596 g/mol. The highest BCUT2D eigenvalue weighted by Gasteiger charge is 2.54. The summed E-state index contributed by atoms with van der Waals surface area (Å²) in [5, 5.41) is 20.1. The van der Waals surface area contributed by atoms with Crippen LogP contribution in [0.3, 0.4) is 0 Å². The van der Waals surface area contributed by atoms with Crippen LogP contribution in [0, 0.1) is 0 Å². The number of aromatic nitrogens is 4. The van der Waals surface area contributed by atoms with Crippen LogP contribution in [0.2, 0.25) is 5.02 Å². The first-order valence-electron chi connectivity index (χ1n) is 10.5. The van der Waals surface area contributed by atoms with Crippen molar-refractivity contribution < 1.29 is 24.3 Å². The number of carbonyl (C=O) groups excluding carboxylic acids is 2. The van der Waals surface area contributed by atoms with Crippen LogP contribution in [0.25, 0.3) is 0 Å². The molecule has 13 nitrogen and oxygen atoms in total. The third kappa shape index (κ3) is 5.46. The number of aliphatic carboxylic acids is 1. The third-order valence-corrected chi connectivity index (χ3v) is 9.25. The fourth-order valence-electron chi connectivity index (χ4n) is 3.49. The van der Waals surface area contributed by atoms with E-state index in [2.05, 4.69) is 29.4 Å². The Bertz CT molecular complexity index is 1450. The first-order valence-corrected chi connectivity index (χ1v) is 14.5. The van der Waals surface area contributed by atoms with Gasteiger partial charge in [0.15, 0.2) is 10.9 Å². The molecular formula is C20H15ClN8O5S4. The Hall–Kier alpha value is -3.25. The molecule has 1 saturated heterocycles. The maximum atomic E-state index is 13.2. The van der Waals surface area contributed by atoms with Gasteiger partial charge in [0.2, 0.25) is 11.5 Å². The number of carbonyl (C=O) groups is 3. The van der Waals surface area contributed by atoms with E-state index in [-0.39, 0.29) is 22.4 Å². The molecule has 2 aliphatic heterocycles. The molecule has 196 valence electrons. The minimum atomic E-state index is -1.22. The van der Waals surface area contributed by atoms with E-state index in [1.54, 1.807) is 30.5 Å². The number of rotatable bonds is 9. The molecule has 0 spiro atoms. The molecule has 2 aromatic heterocycles. The molecule has 2 aliphatic rings. The van der Waals surface area contributed by atoms with E-state index in [4.69, 9.17) is 22.2 Å². The summed E-state index contributed by atoms with van der Waals surface area (Å²) in [6, 6.07) is 5.29. The number of hydrogen-bond donors (Lipinski definition) is 3. The van der Waals surface area contributed by atoms with Crippen LogP contribution < -0.4 is 15.9 Å². The number of fused-ring (bicyclic) bond motifs is 1. The average Bonchev–Trinajstić information content (AvgIpc) is 3.58. The maximum absolute atomic E-state index is 13.2. The molecule has 0 bridgehead atoms. The summed E-state index contributed by atoms with van der Waals surface area (Å²) in [6.07, 6.45) is 1.59. The summed E-state index contributed by atoms with van der Waals surface area (Å²) in [5.74, 6) is -1.61. The zero-order chi connectivity index (χ0) is 26.8. The van der Waals surface area contributed by atoms with E-state index < -0.39 is 29.2 Å². The van der Waals surface area contributed by atoms with Crippen molar-refractivity contribution >= 4 is 86.8 Å². The van der Waals surface area contributed by atoms with Gasteiger partial charge in [0.1, 0.15) is 21.3 Å². The van der Waals surface area contributed by atoms with E-state index >= 15 is 0 Å². The number of carboxylic acids is 1. The van der Waals surface area contributed by atoms with Crippen molar-refractivity contribution in [3.8, 4) is 5.75 Å². The molecule has 1 unspecified atom stereocenters. The minimum absolute atomic E-state index is 0.0804. The molecule has 0 radical (unpaired) electrons. The molecule has 0 aliphatic carbocycles. The summed E-state index contributed by atoms with van der Waals surface area (Å²) < 4.78 is 8.64. The number of anilines is 1. The number of nitrogens with two attached hydrogens (primary N) is 1. The predicted molar refractivity (Wildman–Crippen MR) is 143 cm³/mol. The highest BCUT2D eigenvalue weighted by atomic mass is 35.5. The molecule has 38 heavy (non-hydrogen) atoms. The van der Waals surface area contributed by atoms with Crippen molar-refractivity contribution in [3.05, 3.63) is 52.6 Å². The first kappa shape index (κ1) is 26.4. The predicted octanol–water partition coefficient (Wildman–Crippen LogP) is 1.94. The Kier molecular flexibility index (Phi) is 7.80. The van der Waals surface area contributed by atoms with Gasteiger partial charge >= 0.3 is 5.97 Å². The Morgan fingerprint density at radius 2 is 2.11 bits per heavy atom. The van der Waals surface area contributed by atoms with Crippen LogP contribution in [0.1, 0.15) is 5.82 Å². The lowest BCUT2D eigenvalue weighted by Crippen LogP contribution is -2.71. The number of thioether (sulfide) groups is 2. The van der Waals surface area contributed by atoms with Gasteiger partial charge in [0.05, 0.1) is 6.20 Å². The Morgan fingerprint density at radius 3 is 2.76 bits per heavy atom. The van der Waals surface area contributed by atoms with Gasteiger partial charge in [-0.15, -0.1) is 28.6 Å². The second kappa shape index (κ2) is 11.2. The number of oxime groups is 1. The number of halogens is 1. The smallest absolute Gasteiger partial charge is 0.352 e. The first-order chi connectivity index (χ1) is 18.3. The van der Waals surface area contributed by atoms with Gasteiger partial charge in [-0.05, 0) is 41.4 Å². The fraction of sp³-hybridized carbons (Fsp3) is 0.200. The molecule has 1 fully saturated rings.